The van der Waals surface area contributed by atoms with Gasteiger partial charge < -0.3 is 5.11 Å². The molecule has 0 amide bonds. The second-order valence-electron chi connectivity index (χ2n) is 3.74. The molecule has 0 spiro atoms. The normalized spacial score (nSPS) is 36.5. The van der Waals surface area contributed by atoms with Gasteiger partial charge in [0, 0.05) is 6.42 Å². The van der Waals surface area contributed by atoms with Gasteiger partial charge in [-0.1, -0.05) is 6.08 Å². The molecule has 0 aromatic rings. The summed E-state index contributed by atoms with van der Waals surface area (Å²) in [4.78, 5) is 11.5. The minimum atomic E-state index is -0.556. The van der Waals surface area contributed by atoms with Gasteiger partial charge in [-0.05, 0) is 26.2 Å². The second kappa shape index (κ2) is 3.40. The van der Waals surface area contributed by atoms with Crippen LogP contribution in [0.15, 0.2) is 12.7 Å². The van der Waals surface area contributed by atoms with Gasteiger partial charge in [0.15, 0.2) is 0 Å². The molecule has 2 atom stereocenters. The standard InChI is InChI=1S/C10H16O2/c1-3-7-10(2)8(11)5-4-6-9(10)12/h3,8,11H,1,4-7H2,2H3/t8-,10+/m1/s1. The zero-order valence-electron chi connectivity index (χ0n) is 7.55. The van der Waals surface area contributed by atoms with Crippen molar-refractivity contribution in [2.45, 2.75) is 38.7 Å². The Morgan fingerprint density at radius 1 is 1.83 bits per heavy atom. The summed E-state index contributed by atoms with van der Waals surface area (Å²) >= 11 is 0. The fraction of sp³-hybridized carbons (Fsp3) is 0.700. The van der Waals surface area contributed by atoms with Gasteiger partial charge in [-0.3, -0.25) is 4.79 Å². The number of carbonyl (C=O) groups is 1. The maximum absolute atomic E-state index is 11.5. The molecule has 0 unspecified atom stereocenters. The first-order valence-corrected chi connectivity index (χ1v) is 4.43. The summed E-state index contributed by atoms with van der Waals surface area (Å²) in [6, 6.07) is 0. The Bertz CT molecular complexity index is 198. The molecule has 1 saturated carbocycles. The number of aliphatic hydroxyl groups is 1. The van der Waals surface area contributed by atoms with Crippen LogP contribution in [0.5, 0.6) is 0 Å². The van der Waals surface area contributed by atoms with Crippen LogP contribution in [0.3, 0.4) is 0 Å². The number of hydrogen-bond donors (Lipinski definition) is 1. The van der Waals surface area contributed by atoms with E-state index in [-0.39, 0.29) is 5.78 Å². The predicted octanol–water partition coefficient (Wildman–Crippen LogP) is 1.68. The van der Waals surface area contributed by atoms with Crippen LogP contribution in [0, 0.1) is 5.41 Å². The fourth-order valence-corrected chi connectivity index (χ4v) is 1.80. The first-order valence-electron chi connectivity index (χ1n) is 4.43. The molecule has 1 aliphatic carbocycles. The number of ketones is 1. The summed E-state index contributed by atoms with van der Waals surface area (Å²) in [5, 5.41) is 9.66. The quantitative estimate of drug-likeness (QED) is 0.637. The molecule has 0 radical (unpaired) electrons. The molecule has 68 valence electrons. The van der Waals surface area contributed by atoms with Crippen molar-refractivity contribution in [1.82, 2.24) is 0 Å². The smallest absolute Gasteiger partial charge is 0.141 e. The predicted molar refractivity (Wildman–Crippen MR) is 47.8 cm³/mol. The van der Waals surface area contributed by atoms with Gasteiger partial charge in [-0.25, -0.2) is 0 Å². The van der Waals surface area contributed by atoms with E-state index in [1.54, 1.807) is 6.08 Å². The Hall–Kier alpha value is -0.630. The van der Waals surface area contributed by atoms with Crippen molar-refractivity contribution in [3.05, 3.63) is 12.7 Å². The topological polar surface area (TPSA) is 37.3 Å². The minimum Gasteiger partial charge on any atom is -0.392 e. The van der Waals surface area contributed by atoms with Gasteiger partial charge in [0.2, 0.25) is 0 Å². The van der Waals surface area contributed by atoms with E-state index in [9.17, 15) is 9.90 Å². The molecule has 0 saturated heterocycles. The second-order valence-corrected chi connectivity index (χ2v) is 3.74. The molecule has 0 aromatic carbocycles. The Labute approximate surface area is 73.3 Å². The summed E-state index contributed by atoms with van der Waals surface area (Å²) < 4.78 is 0. The first kappa shape index (κ1) is 9.46. The third-order valence-electron chi connectivity index (χ3n) is 2.82. The lowest BCUT2D eigenvalue weighted by molar-refractivity contribution is -0.138. The molecule has 1 N–H and O–H groups in total. The number of hydrogen-bond acceptors (Lipinski definition) is 2. The summed E-state index contributed by atoms with van der Waals surface area (Å²) in [6.45, 7) is 5.44. The van der Waals surface area contributed by atoms with E-state index in [4.69, 9.17) is 0 Å². The van der Waals surface area contributed by atoms with E-state index in [1.165, 1.54) is 0 Å². The number of carbonyl (C=O) groups excluding carboxylic acids is 1. The lowest BCUT2D eigenvalue weighted by Gasteiger charge is -2.36. The molecule has 0 bridgehead atoms. The monoisotopic (exact) mass is 168 g/mol. The molecule has 12 heavy (non-hydrogen) atoms. The van der Waals surface area contributed by atoms with Gasteiger partial charge >= 0.3 is 0 Å². The Balaban J connectivity index is 2.79. The van der Waals surface area contributed by atoms with Crippen LogP contribution >= 0.6 is 0 Å². The third-order valence-corrected chi connectivity index (χ3v) is 2.82. The van der Waals surface area contributed by atoms with Gasteiger partial charge in [0.1, 0.15) is 5.78 Å². The molecular formula is C10H16O2. The largest absolute Gasteiger partial charge is 0.392 e. The number of rotatable bonds is 2. The van der Waals surface area contributed by atoms with Crippen molar-refractivity contribution in [3.63, 3.8) is 0 Å². The highest BCUT2D eigenvalue weighted by molar-refractivity contribution is 5.86. The number of Topliss-reactive ketones (excluding diaryl/α,β-unsaturated/α-hetero) is 1. The van der Waals surface area contributed by atoms with Crippen LogP contribution in [0.25, 0.3) is 0 Å². The molecule has 0 aromatic heterocycles. The summed E-state index contributed by atoms with van der Waals surface area (Å²) in [6.07, 6.45) is 4.01. The molecule has 0 heterocycles. The highest BCUT2D eigenvalue weighted by Gasteiger charge is 2.41. The van der Waals surface area contributed by atoms with Crippen molar-refractivity contribution in [2.24, 2.45) is 5.41 Å². The average molecular weight is 168 g/mol. The first-order chi connectivity index (χ1) is 5.61. The lowest BCUT2D eigenvalue weighted by atomic mass is 9.70. The molecule has 2 nitrogen and oxygen atoms in total. The van der Waals surface area contributed by atoms with Gasteiger partial charge in [0.25, 0.3) is 0 Å². The number of allylic oxidation sites excluding steroid dienone is 1. The lowest BCUT2D eigenvalue weighted by Crippen LogP contribution is -2.42. The molecule has 1 aliphatic rings. The SMILES string of the molecule is C=CC[C@]1(C)C(=O)CCC[C@H]1O. The van der Waals surface area contributed by atoms with E-state index >= 15 is 0 Å². The summed E-state index contributed by atoms with van der Waals surface area (Å²) in [5.74, 6) is 0.182. The van der Waals surface area contributed by atoms with E-state index in [0.29, 0.717) is 12.8 Å². The van der Waals surface area contributed by atoms with Crippen LogP contribution in [0.2, 0.25) is 0 Å². The molecule has 1 fully saturated rings. The van der Waals surface area contributed by atoms with E-state index in [1.807, 2.05) is 6.92 Å². The highest BCUT2D eigenvalue weighted by atomic mass is 16.3. The van der Waals surface area contributed by atoms with Crippen molar-refractivity contribution >= 4 is 5.78 Å². The average Bonchev–Trinajstić information content (AvgIpc) is 2.02. The molecule has 0 aliphatic heterocycles. The molecule has 1 rings (SSSR count). The molecule has 2 heteroatoms. The number of aliphatic hydroxyl groups excluding tert-OH is 1. The van der Waals surface area contributed by atoms with Crippen LogP contribution < -0.4 is 0 Å². The van der Waals surface area contributed by atoms with Gasteiger partial charge in [-0.2, -0.15) is 0 Å². The molecular weight excluding hydrogens is 152 g/mol. The van der Waals surface area contributed by atoms with Crippen LogP contribution in [-0.2, 0) is 4.79 Å². The van der Waals surface area contributed by atoms with Crippen molar-refractivity contribution in [2.75, 3.05) is 0 Å². The fourth-order valence-electron chi connectivity index (χ4n) is 1.80. The summed E-state index contributed by atoms with van der Waals surface area (Å²) in [5.41, 5.74) is -0.556. The van der Waals surface area contributed by atoms with E-state index in [2.05, 4.69) is 6.58 Å². The maximum Gasteiger partial charge on any atom is 0.141 e. The van der Waals surface area contributed by atoms with Crippen molar-refractivity contribution < 1.29 is 9.90 Å². The van der Waals surface area contributed by atoms with Crippen LogP contribution in [0.4, 0.5) is 0 Å². The van der Waals surface area contributed by atoms with Crippen molar-refractivity contribution in [1.29, 1.82) is 0 Å². The Morgan fingerprint density at radius 2 is 2.50 bits per heavy atom. The van der Waals surface area contributed by atoms with Gasteiger partial charge in [-0.15, -0.1) is 6.58 Å². The van der Waals surface area contributed by atoms with Gasteiger partial charge in [0.05, 0.1) is 11.5 Å². The van der Waals surface area contributed by atoms with Crippen molar-refractivity contribution in [3.8, 4) is 0 Å². The van der Waals surface area contributed by atoms with E-state index < -0.39 is 11.5 Å². The van der Waals surface area contributed by atoms with E-state index in [0.717, 1.165) is 12.8 Å². The Morgan fingerprint density at radius 3 is 3.00 bits per heavy atom. The zero-order valence-corrected chi connectivity index (χ0v) is 7.55. The summed E-state index contributed by atoms with van der Waals surface area (Å²) in [7, 11) is 0. The zero-order chi connectivity index (χ0) is 9.19. The highest BCUT2D eigenvalue weighted by Crippen LogP contribution is 2.36. The maximum atomic E-state index is 11.5. The minimum absolute atomic E-state index is 0.182. The third kappa shape index (κ3) is 1.44. The van der Waals surface area contributed by atoms with Crippen LogP contribution in [0.1, 0.15) is 32.6 Å². The van der Waals surface area contributed by atoms with Crippen LogP contribution in [-0.4, -0.2) is 17.0 Å². The Kier molecular flexibility index (Phi) is 2.68.